The zero-order valence-corrected chi connectivity index (χ0v) is 22.9. The van der Waals surface area contributed by atoms with E-state index in [1.54, 1.807) is 23.7 Å². The molecule has 4 aromatic rings. The number of carbonyl (C=O) groups is 1. The van der Waals surface area contributed by atoms with Crippen molar-refractivity contribution in [1.29, 1.82) is 0 Å². The number of nitro groups is 1. The summed E-state index contributed by atoms with van der Waals surface area (Å²) in [5, 5.41) is 30.1. The number of nitrogens with zero attached hydrogens (tertiary/aromatic N) is 4. The highest BCUT2D eigenvalue weighted by Gasteiger charge is 2.24. The van der Waals surface area contributed by atoms with E-state index in [2.05, 4.69) is 20.3 Å². The van der Waals surface area contributed by atoms with Gasteiger partial charge in [-0.05, 0) is 42.8 Å². The third kappa shape index (κ3) is 6.39. The van der Waals surface area contributed by atoms with Crippen LogP contribution in [-0.2, 0) is 16.6 Å². The molecule has 1 heterocycles. The molecule has 15 heteroatoms. The van der Waals surface area contributed by atoms with Gasteiger partial charge in [0.15, 0.2) is 0 Å². The van der Waals surface area contributed by atoms with E-state index in [4.69, 9.17) is 23.2 Å². The number of halogens is 2. The summed E-state index contributed by atoms with van der Waals surface area (Å²) in [6.07, 6.45) is 1.34. The van der Waals surface area contributed by atoms with Crippen molar-refractivity contribution in [3.8, 4) is 0 Å². The first kappa shape index (κ1) is 28.5. The van der Waals surface area contributed by atoms with Crippen LogP contribution in [-0.4, -0.2) is 40.4 Å². The lowest BCUT2D eigenvalue weighted by Gasteiger charge is -2.13. The molecule has 0 aliphatic rings. The van der Waals surface area contributed by atoms with E-state index in [9.17, 15) is 28.4 Å². The number of sulfonamides is 1. The number of hydrazone groups is 1. The molecule has 3 N–H and O–H groups in total. The van der Waals surface area contributed by atoms with Crippen molar-refractivity contribution >= 4 is 62.5 Å². The number of hydrogen-bond acceptors (Lipinski definition) is 8. The van der Waals surface area contributed by atoms with Crippen LogP contribution >= 0.6 is 23.2 Å². The smallest absolute Gasteiger partial charge is 0.337 e. The van der Waals surface area contributed by atoms with Crippen LogP contribution in [0.2, 0.25) is 10.2 Å². The second-order valence-electron chi connectivity index (χ2n) is 8.34. The van der Waals surface area contributed by atoms with Gasteiger partial charge in [0.25, 0.3) is 15.7 Å². The monoisotopic (exact) mass is 602 g/mol. The number of aromatic nitrogens is 2. The number of aryl methyl sites for hydroxylation is 1. The van der Waals surface area contributed by atoms with Gasteiger partial charge in [-0.15, -0.1) is 0 Å². The first-order valence-corrected chi connectivity index (χ1v) is 13.6. The maximum Gasteiger partial charge on any atom is 0.337 e. The van der Waals surface area contributed by atoms with Crippen LogP contribution in [0.3, 0.4) is 0 Å². The summed E-state index contributed by atoms with van der Waals surface area (Å²) in [7, 11) is -4.51. The molecule has 12 nitrogen and oxygen atoms in total. The normalized spacial score (nSPS) is 11.5. The van der Waals surface area contributed by atoms with Crippen molar-refractivity contribution in [2.24, 2.45) is 5.10 Å². The third-order valence-corrected chi connectivity index (χ3v) is 7.66. The Morgan fingerprint density at radius 3 is 2.50 bits per heavy atom. The van der Waals surface area contributed by atoms with E-state index in [-0.39, 0.29) is 22.1 Å². The lowest BCUT2D eigenvalue weighted by Crippen LogP contribution is -2.17. The summed E-state index contributed by atoms with van der Waals surface area (Å²) < 4.78 is 30.2. The number of carboxylic acid groups (broad SMARTS) is 1. The molecule has 0 aliphatic carbocycles. The number of nitro benzene ring substituents is 1. The fourth-order valence-electron chi connectivity index (χ4n) is 3.65. The highest BCUT2D eigenvalue weighted by molar-refractivity contribution is 7.93. The van der Waals surface area contributed by atoms with Crippen LogP contribution in [0.4, 0.5) is 17.1 Å². The molecule has 206 valence electrons. The number of anilines is 2. The van der Waals surface area contributed by atoms with Crippen molar-refractivity contribution in [2.75, 3.05) is 10.1 Å². The summed E-state index contributed by atoms with van der Waals surface area (Å²) in [5.41, 5.74) is 3.38. The molecule has 0 fully saturated rings. The van der Waals surface area contributed by atoms with Crippen molar-refractivity contribution in [3.63, 3.8) is 0 Å². The molecular weight excluding hydrogens is 583 g/mol. The van der Waals surface area contributed by atoms with Crippen molar-refractivity contribution in [1.82, 2.24) is 9.78 Å². The van der Waals surface area contributed by atoms with Crippen LogP contribution in [0.25, 0.3) is 0 Å². The maximum absolute atomic E-state index is 13.3. The summed E-state index contributed by atoms with van der Waals surface area (Å²) in [5.74, 6) is -1.36. The van der Waals surface area contributed by atoms with Gasteiger partial charge in [0.1, 0.15) is 10.0 Å². The van der Waals surface area contributed by atoms with Crippen LogP contribution in [0.1, 0.15) is 27.2 Å². The second-order valence-corrected chi connectivity index (χ2v) is 10.8. The zero-order valence-electron chi connectivity index (χ0n) is 20.6. The Hall–Kier alpha value is -4.46. The number of nitrogens with one attached hydrogen (secondary N) is 2. The van der Waals surface area contributed by atoms with E-state index < -0.39 is 31.5 Å². The number of rotatable bonds is 10. The average molecular weight is 603 g/mol. The lowest BCUT2D eigenvalue weighted by molar-refractivity contribution is -0.385. The molecule has 0 bridgehead atoms. The van der Waals surface area contributed by atoms with Gasteiger partial charge in [-0.25, -0.2) is 17.9 Å². The number of aromatic carboxylic acids is 1. The van der Waals surface area contributed by atoms with E-state index in [1.165, 1.54) is 36.5 Å². The Bertz CT molecular complexity index is 1740. The molecule has 0 aliphatic heterocycles. The number of hydrogen-bond donors (Lipinski definition) is 3. The Kier molecular flexibility index (Phi) is 8.38. The Morgan fingerprint density at radius 1 is 1.12 bits per heavy atom. The quantitative estimate of drug-likeness (QED) is 0.123. The summed E-state index contributed by atoms with van der Waals surface area (Å²) in [6, 6.07) is 15.6. The molecule has 0 saturated carbocycles. The van der Waals surface area contributed by atoms with E-state index in [0.717, 1.165) is 17.7 Å². The van der Waals surface area contributed by atoms with Crippen molar-refractivity contribution < 1.29 is 23.2 Å². The third-order valence-electron chi connectivity index (χ3n) is 5.60. The molecule has 0 radical (unpaired) electrons. The largest absolute Gasteiger partial charge is 0.478 e. The predicted octanol–water partition coefficient (Wildman–Crippen LogP) is 5.40. The maximum atomic E-state index is 13.3. The highest BCUT2D eigenvalue weighted by Crippen LogP contribution is 2.29. The minimum atomic E-state index is -4.51. The standard InChI is InChI=1S/C25H20Cl2N6O6S/c1-15-20(24(27)32(30-15)14-16-6-8-17(26)9-7-16)13-28-29-22-11-10-18(33(36)37)12-23(22)40(38,39)31-21-5-3-2-4-19(21)25(34)35/h2-13,29,31H,14H2,1H3,(H,34,35)/b28-13-. The number of carboxylic acids is 1. The van der Waals surface area contributed by atoms with E-state index >= 15 is 0 Å². The molecule has 0 unspecified atom stereocenters. The van der Waals surface area contributed by atoms with Gasteiger partial charge in [0.05, 0.1) is 45.9 Å². The molecule has 3 aromatic carbocycles. The van der Waals surface area contributed by atoms with E-state index in [0.29, 0.717) is 22.8 Å². The topological polar surface area (TPSA) is 169 Å². The first-order valence-electron chi connectivity index (χ1n) is 11.4. The molecule has 40 heavy (non-hydrogen) atoms. The lowest BCUT2D eigenvalue weighted by atomic mass is 10.2. The van der Waals surface area contributed by atoms with Crippen LogP contribution in [0, 0.1) is 17.0 Å². The molecular formula is C25H20Cl2N6O6S. The number of non-ortho nitro benzene ring substituents is 1. The van der Waals surface area contributed by atoms with Crippen molar-refractivity contribution in [2.45, 2.75) is 18.4 Å². The minimum absolute atomic E-state index is 0.107. The molecule has 0 amide bonds. The Labute approximate surface area is 238 Å². The van der Waals surface area contributed by atoms with Crippen LogP contribution < -0.4 is 10.1 Å². The molecule has 0 saturated heterocycles. The molecule has 0 atom stereocenters. The SMILES string of the molecule is Cc1nn(Cc2ccc(Cl)cc2)c(Cl)c1/C=N\Nc1ccc([N+](=O)[O-])cc1S(=O)(=O)Nc1ccccc1C(=O)O. The Balaban J connectivity index is 1.63. The molecule has 4 rings (SSSR count). The number of benzene rings is 3. The van der Waals surface area contributed by atoms with E-state index in [1.807, 2.05) is 12.1 Å². The predicted molar refractivity (Wildman–Crippen MR) is 151 cm³/mol. The molecule has 1 aromatic heterocycles. The van der Waals surface area contributed by atoms with Crippen LogP contribution in [0.5, 0.6) is 0 Å². The van der Waals surface area contributed by atoms with Crippen molar-refractivity contribution in [3.05, 3.63) is 109 Å². The van der Waals surface area contributed by atoms with Gasteiger partial charge in [-0.1, -0.05) is 47.5 Å². The highest BCUT2D eigenvalue weighted by atomic mass is 35.5. The van der Waals surface area contributed by atoms with Crippen LogP contribution in [0.15, 0.2) is 76.7 Å². The second kappa shape index (κ2) is 11.7. The fourth-order valence-corrected chi connectivity index (χ4v) is 5.31. The van der Waals surface area contributed by atoms with Gasteiger partial charge in [-0.2, -0.15) is 10.2 Å². The average Bonchev–Trinajstić information content (AvgIpc) is 3.17. The summed E-state index contributed by atoms with van der Waals surface area (Å²) >= 11 is 12.4. The van der Waals surface area contributed by atoms with Gasteiger partial charge in [0, 0.05) is 17.2 Å². The van der Waals surface area contributed by atoms with Gasteiger partial charge >= 0.3 is 5.97 Å². The Morgan fingerprint density at radius 2 is 1.82 bits per heavy atom. The summed E-state index contributed by atoms with van der Waals surface area (Å²) in [6.45, 7) is 2.09. The van der Waals surface area contributed by atoms with Gasteiger partial charge < -0.3 is 5.11 Å². The minimum Gasteiger partial charge on any atom is -0.478 e. The van der Waals surface area contributed by atoms with Gasteiger partial charge in [0.2, 0.25) is 0 Å². The number of para-hydroxylation sites is 1. The summed E-state index contributed by atoms with van der Waals surface area (Å²) in [4.78, 5) is 21.6. The zero-order chi connectivity index (χ0) is 29.0. The van der Waals surface area contributed by atoms with Gasteiger partial charge in [-0.3, -0.25) is 20.3 Å². The fraction of sp³-hybridized carbons (Fsp3) is 0.0800. The molecule has 0 spiro atoms. The first-order chi connectivity index (χ1) is 19.0.